The Morgan fingerprint density at radius 2 is 0.946 bits per heavy atom. The molecule has 1 amide bonds. The van der Waals surface area contributed by atoms with E-state index in [1.165, 1.54) is 135 Å². The van der Waals surface area contributed by atoms with Gasteiger partial charge in [0.05, 0.1) is 0 Å². The molecule has 4 N–H and O–H groups in total. The Morgan fingerprint density at radius 3 is 1.45 bits per heavy atom. The number of nitrogens with two attached hydrogens (primary N) is 1. The van der Waals surface area contributed by atoms with E-state index in [4.69, 9.17) is 10.5 Å². The van der Waals surface area contributed by atoms with Crippen LogP contribution < -0.4 is 11.1 Å². The van der Waals surface area contributed by atoms with Gasteiger partial charge in [-0.2, -0.15) is 0 Å². The molecule has 0 rings (SSSR count). The summed E-state index contributed by atoms with van der Waals surface area (Å²) in [5, 5.41) is 11.9. The van der Waals surface area contributed by atoms with Crippen molar-refractivity contribution in [2.24, 2.45) is 5.73 Å². The van der Waals surface area contributed by atoms with E-state index in [0.717, 1.165) is 77.0 Å². The minimum absolute atomic E-state index is 0.0260. The molecule has 0 aliphatic rings. The van der Waals surface area contributed by atoms with Gasteiger partial charge in [-0.05, 0) is 83.6 Å². The number of rotatable bonds is 44. The number of carbonyl (C=O) groups excluding carboxylic acids is 2. The normalized spacial score (nSPS) is 12.8. The summed E-state index contributed by atoms with van der Waals surface area (Å²) in [7, 11) is 0. The second-order valence-electron chi connectivity index (χ2n) is 16.5. The first kappa shape index (κ1) is 53.9. The van der Waals surface area contributed by atoms with E-state index in [-0.39, 0.29) is 18.0 Å². The Morgan fingerprint density at radius 1 is 0.518 bits per heavy atom. The van der Waals surface area contributed by atoms with Crippen LogP contribution in [0.3, 0.4) is 0 Å². The van der Waals surface area contributed by atoms with Gasteiger partial charge in [-0.1, -0.05) is 186 Å². The number of nitrogens with one attached hydrogen (secondary N) is 1. The summed E-state index contributed by atoms with van der Waals surface area (Å²) in [4.78, 5) is 36.4. The summed E-state index contributed by atoms with van der Waals surface area (Å²) >= 11 is 0. The summed E-state index contributed by atoms with van der Waals surface area (Å²) in [6.45, 7) is 4.93. The van der Waals surface area contributed by atoms with Gasteiger partial charge in [0.1, 0.15) is 12.1 Å². The van der Waals surface area contributed by atoms with E-state index in [0.29, 0.717) is 32.2 Å². The maximum atomic E-state index is 12.8. The van der Waals surface area contributed by atoms with Crippen LogP contribution in [-0.2, 0) is 19.1 Å². The third-order valence-electron chi connectivity index (χ3n) is 11.0. The van der Waals surface area contributed by atoms with E-state index >= 15 is 0 Å². The number of hydrogen-bond acceptors (Lipinski definition) is 5. The second-order valence-corrected chi connectivity index (χ2v) is 16.5. The Hall–Kier alpha value is -2.15. The summed E-state index contributed by atoms with van der Waals surface area (Å²) in [5.74, 6) is -1.25. The van der Waals surface area contributed by atoms with Gasteiger partial charge < -0.3 is 20.9 Å². The van der Waals surface area contributed by atoms with Gasteiger partial charge in [0.15, 0.2) is 0 Å². The van der Waals surface area contributed by atoms with Gasteiger partial charge in [-0.25, -0.2) is 4.79 Å². The highest BCUT2D eigenvalue weighted by atomic mass is 16.5. The highest BCUT2D eigenvalue weighted by Crippen LogP contribution is 2.18. The fourth-order valence-corrected chi connectivity index (χ4v) is 7.37. The predicted molar refractivity (Wildman–Crippen MR) is 239 cm³/mol. The quantitative estimate of drug-likeness (QED) is 0.0321. The second kappa shape index (κ2) is 44.0. The molecular formula is C49H92N2O5. The van der Waals surface area contributed by atoms with Crippen LogP contribution in [0.5, 0.6) is 0 Å². The van der Waals surface area contributed by atoms with Gasteiger partial charge in [0, 0.05) is 12.8 Å². The predicted octanol–water partition coefficient (Wildman–Crippen LogP) is 14.0. The number of ether oxygens (including phenoxy) is 1. The first-order valence-corrected chi connectivity index (χ1v) is 24.2. The van der Waals surface area contributed by atoms with E-state index < -0.39 is 12.0 Å². The van der Waals surface area contributed by atoms with E-state index in [2.05, 4.69) is 43.5 Å². The Labute approximate surface area is 346 Å². The van der Waals surface area contributed by atoms with E-state index in [1.807, 2.05) is 0 Å². The van der Waals surface area contributed by atoms with E-state index in [9.17, 15) is 19.5 Å². The Bertz CT molecular complexity index is 935. The molecular weight excluding hydrogens is 697 g/mol. The molecule has 0 radical (unpaired) electrons. The molecule has 328 valence electrons. The van der Waals surface area contributed by atoms with Crippen molar-refractivity contribution in [1.29, 1.82) is 0 Å². The number of esters is 1. The number of carbonyl (C=O) groups is 3. The van der Waals surface area contributed by atoms with Crippen molar-refractivity contribution >= 4 is 17.8 Å². The number of unbranched alkanes of at least 4 members (excludes halogenated alkanes) is 26. The van der Waals surface area contributed by atoms with Gasteiger partial charge in [0.25, 0.3) is 0 Å². The van der Waals surface area contributed by atoms with Crippen molar-refractivity contribution in [2.45, 2.75) is 264 Å². The number of carboxylic acids is 1. The monoisotopic (exact) mass is 789 g/mol. The highest BCUT2D eigenvalue weighted by molar-refractivity contribution is 5.83. The number of amides is 1. The van der Waals surface area contributed by atoms with Gasteiger partial charge >= 0.3 is 11.9 Å². The van der Waals surface area contributed by atoms with Gasteiger partial charge in [-0.3, -0.25) is 9.59 Å². The van der Waals surface area contributed by atoms with Crippen LogP contribution in [0, 0.1) is 0 Å². The summed E-state index contributed by atoms with van der Waals surface area (Å²) in [6, 6.07) is -0.859. The van der Waals surface area contributed by atoms with Crippen molar-refractivity contribution in [1.82, 2.24) is 5.32 Å². The molecule has 0 bridgehead atoms. The summed E-state index contributed by atoms with van der Waals surface area (Å²) in [5.41, 5.74) is 5.49. The van der Waals surface area contributed by atoms with Crippen LogP contribution in [0.1, 0.15) is 251 Å². The molecule has 56 heavy (non-hydrogen) atoms. The maximum absolute atomic E-state index is 12.8. The third kappa shape index (κ3) is 40.1. The fraction of sp³-hybridized carbons (Fsp3) is 0.857. The lowest BCUT2D eigenvalue weighted by atomic mass is 10.0. The molecule has 7 heteroatoms. The van der Waals surface area contributed by atoms with Crippen molar-refractivity contribution < 1.29 is 24.2 Å². The lowest BCUT2D eigenvalue weighted by Gasteiger charge is -2.18. The Kier molecular flexibility index (Phi) is 42.3. The van der Waals surface area contributed by atoms with Crippen LogP contribution in [0.25, 0.3) is 0 Å². The molecule has 0 fully saturated rings. The SMILES string of the molecule is CCCCC/C=C\C/C=C\CCCC(CCCCCCCC(=O)NC(CCCN)C(=O)O)OC(=O)CCCCCCCCCCCCCCCCCCCCC. The smallest absolute Gasteiger partial charge is 0.326 e. The average molecular weight is 789 g/mol. The average Bonchev–Trinajstić information content (AvgIpc) is 3.18. The third-order valence-corrected chi connectivity index (χ3v) is 11.0. The molecule has 2 unspecified atom stereocenters. The standard InChI is InChI=1S/C49H92N2O5/c1-3-5-7-9-11-13-15-16-17-18-19-20-21-22-24-26-28-33-37-43-48(53)56-45(39-34-30-27-25-23-14-12-10-8-6-4-2)40-35-31-29-32-36-42-47(52)51-46(49(54)55)41-38-44-50/h12,14,25,27,45-46H,3-11,13,15-24,26,28-44,50H2,1-2H3,(H,51,52)(H,54,55)/b14-12-,27-25-. The molecule has 0 heterocycles. The zero-order chi connectivity index (χ0) is 41.0. The molecule has 0 aliphatic carbocycles. The van der Waals surface area contributed by atoms with Crippen molar-refractivity contribution in [2.75, 3.05) is 6.54 Å². The molecule has 2 atom stereocenters. The number of carboxylic acid groups (broad SMARTS) is 1. The zero-order valence-electron chi connectivity index (χ0n) is 37.0. The van der Waals surface area contributed by atoms with Crippen molar-refractivity contribution in [3.63, 3.8) is 0 Å². The zero-order valence-corrected chi connectivity index (χ0v) is 37.0. The maximum Gasteiger partial charge on any atom is 0.326 e. The largest absolute Gasteiger partial charge is 0.480 e. The first-order valence-electron chi connectivity index (χ1n) is 24.2. The minimum Gasteiger partial charge on any atom is -0.480 e. The van der Waals surface area contributed by atoms with Crippen LogP contribution in [0.2, 0.25) is 0 Å². The number of aliphatic carboxylic acids is 1. The van der Waals surface area contributed by atoms with Gasteiger partial charge in [-0.15, -0.1) is 0 Å². The van der Waals surface area contributed by atoms with Crippen LogP contribution in [0.15, 0.2) is 24.3 Å². The van der Waals surface area contributed by atoms with Crippen molar-refractivity contribution in [3.8, 4) is 0 Å². The highest BCUT2D eigenvalue weighted by Gasteiger charge is 2.19. The molecule has 0 aromatic rings. The first-order chi connectivity index (χ1) is 27.4. The van der Waals surface area contributed by atoms with Crippen LogP contribution >= 0.6 is 0 Å². The van der Waals surface area contributed by atoms with Crippen LogP contribution in [0.4, 0.5) is 0 Å². The molecule has 0 saturated heterocycles. The summed E-state index contributed by atoms with van der Waals surface area (Å²) in [6.07, 6.45) is 50.9. The van der Waals surface area contributed by atoms with Crippen molar-refractivity contribution in [3.05, 3.63) is 24.3 Å². The minimum atomic E-state index is -1.01. The topological polar surface area (TPSA) is 119 Å². The molecule has 7 nitrogen and oxygen atoms in total. The lowest BCUT2D eigenvalue weighted by molar-refractivity contribution is -0.150. The van der Waals surface area contributed by atoms with E-state index in [1.54, 1.807) is 0 Å². The number of hydrogen-bond donors (Lipinski definition) is 3. The molecule has 0 aliphatic heterocycles. The molecule has 0 spiro atoms. The molecule has 0 saturated carbocycles. The molecule has 0 aromatic heterocycles. The van der Waals surface area contributed by atoms with Gasteiger partial charge in [0.2, 0.25) is 5.91 Å². The molecule has 0 aromatic carbocycles. The lowest BCUT2D eigenvalue weighted by Crippen LogP contribution is -2.40. The fourth-order valence-electron chi connectivity index (χ4n) is 7.37. The Balaban J connectivity index is 4.23. The summed E-state index contributed by atoms with van der Waals surface area (Å²) < 4.78 is 6.04. The number of allylic oxidation sites excluding steroid dienone is 4. The van der Waals surface area contributed by atoms with Crippen LogP contribution in [-0.4, -0.2) is 41.6 Å².